The Hall–Kier alpha value is -1.66. The van der Waals surface area contributed by atoms with Crippen LogP contribution in [0.3, 0.4) is 0 Å². The quantitative estimate of drug-likeness (QED) is 0.105. The Balaban J connectivity index is 3.15. The number of nitrogens with zero attached hydrogens (tertiary/aromatic N) is 1. The monoisotopic (exact) mass is 629 g/mol. The number of carboxylic acids is 1. The molecular formula is C28H55NO14. The molecule has 0 saturated carbocycles. The first kappa shape index (κ1) is 41.3. The second-order valence-electron chi connectivity index (χ2n) is 9.86. The van der Waals surface area contributed by atoms with Crippen molar-refractivity contribution < 1.29 is 66.8 Å². The average molecular weight is 630 g/mol. The molecule has 1 amide bonds. The fourth-order valence-electron chi connectivity index (χ4n) is 2.77. The predicted molar refractivity (Wildman–Crippen MR) is 155 cm³/mol. The minimum absolute atomic E-state index is 0.238. The van der Waals surface area contributed by atoms with Gasteiger partial charge in [-0.3, -0.25) is 0 Å². The van der Waals surface area contributed by atoms with Crippen LogP contribution in [0.2, 0.25) is 0 Å². The maximum atomic E-state index is 11.8. The molecule has 0 saturated heterocycles. The van der Waals surface area contributed by atoms with Crippen LogP contribution in [0, 0.1) is 0 Å². The zero-order valence-corrected chi connectivity index (χ0v) is 26.6. The van der Waals surface area contributed by atoms with Crippen LogP contribution >= 0.6 is 0 Å². The summed E-state index contributed by atoms with van der Waals surface area (Å²) in [5.41, 5.74) is -0.514. The van der Waals surface area contributed by atoms with Gasteiger partial charge in [-0.2, -0.15) is 0 Å². The highest BCUT2D eigenvalue weighted by Gasteiger charge is 2.19. The van der Waals surface area contributed by atoms with Crippen molar-refractivity contribution in [2.45, 2.75) is 26.4 Å². The maximum Gasteiger partial charge on any atom is 0.410 e. The van der Waals surface area contributed by atoms with E-state index in [4.69, 9.17) is 57.2 Å². The van der Waals surface area contributed by atoms with E-state index in [0.29, 0.717) is 125 Å². The summed E-state index contributed by atoms with van der Waals surface area (Å²) in [4.78, 5) is 23.6. The number of ether oxygens (including phenoxy) is 11. The van der Waals surface area contributed by atoms with Crippen LogP contribution in [0.25, 0.3) is 0 Å². The van der Waals surface area contributed by atoms with Gasteiger partial charge in [-0.25, -0.2) is 9.59 Å². The Morgan fingerprint density at radius 3 is 1.00 bits per heavy atom. The smallest absolute Gasteiger partial charge is 0.410 e. The SMILES string of the molecule is CN(CCOCCOCCOCCOCCOCCOCCOCCOCCOCCOCC(=O)O)C(=O)OC(C)(C)C. The number of likely N-dealkylation sites (N-methyl/N-ethyl adjacent to an activating group) is 1. The van der Waals surface area contributed by atoms with Crippen molar-refractivity contribution in [1.82, 2.24) is 4.90 Å². The van der Waals surface area contributed by atoms with Gasteiger partial charge in [-0.1, -0.05) is 0 Å². The number of amides is 1. The van der Waals surface area contributed by atoms with Crippen molar-refractivity contribution >= 4 is 12.1 Å². The molecule has 43 heavy (non-hydrogen) atoms. The van der Waals surface area contributed by atoms with Crippen molar-refractivity contribution in [1.29, 1.82) is 0 Å². The highest BCUT2D eigenvalue weighted by atomic mass is 16.6. The number of aliphatic carboxylic acids is 1. The van der Waals surface area contributed by atoms with E-state index in [0.717, 1.165) is 0 Å². The van der Waals surface area contributed by atoms with Crippen molar-refractivity contribution in [3.8, 4) is 0 Å². The highest BCUT2D eigenvalue weighted by molar-refractivity contribution is 5.68. The summed E-state index contributed by atoms with van der Waals surface area (Å²) in [6.07, 6.45) is -0.370. The highest BCUT2D eigenvalue weighted by Crippen LogP contribution is 2.08. The van der Waals surface area contributed by atoms with Gasteiger partial charge in [0.05, 0.1) is 126 Å². The third-order valence-corrected chi connectivity index (χ3v) is 4.85. The first-order chi connectivity index (χ1) is 20.7. The zero-order chi connectivity index (χ0) is 31.9. The van der Waals surface area contributed by atoms with Crippen LogP contribution in [-0.2, 0) is 56.9 Å². The normalized spacial score (nSPS) is 11.6. The van der Waals surface area contributed by atoms with Gasteiger partial charge < -0.3 is 62.1 Å². The van der Waals surface area contributed by atoms with Crippen molar-refractivity contribution in [3.05, 3.63) is 0 Å². The molecule has 0 unspecified atom stereocenters. The van der Waals surface area contributed by atoms with E-state index in [1.54, 1.807) is 7.05 Å². The van der Waals surface area contributed by atoms with Crippen LogP contribution in [0.5, 0.6) is 0 Å². The summed E-state index contributed by atoms with van der Waals surface area (Å²) in [5.74, 6) is -0.999. The molecule has 0 aliphatic heterocycles. The van der Waals surface area contributed by atoms with Gasteiger partial charge >= 0.3 is 12.1 Å². The molecule has 0 fully saturated rings. The molecule has 0 aliphatic carbocycles. The summed E-state index contributed by atoms with van der Waals surface area (Å²) >= 11 is 0. The Labute approximate surface area is 256 Å². The molecule has 0 bridgehead atoms. The minimum atomic E-state index is -0.999. The van der Waals surface area contributed by atoms with Crippen LogP contribution in [0.4, 0.5) is 4.79 Å². The lowest BCUT2D eigenvalue weighted by molar-refractivity contribution is -0.142. The summed E-state index contributed by atoms with van der Waals surface area (Å²) in [6, 6.07) is 0. The lowest BCUT2D eigenvalue weighted by Gasteiger charge is -2.24. The fourth-order valence-corrected chi connectivity index (χ4v) is 2.77. The van der Waals surface area contributed by atoms with Crippen molar-refractivity contribution in [2.24, 2.45) is 0 Å². The van der Waals surface area contributed by atoms with Crippen LogP contribution in [0.15, 0.2) is 0 Å². The van der Waals surface area contributed by atoms with Gasteiger partial charge in [0, 0.05) is 13.6 Å². The largest absolute Gasteiger partial charge is 0.480 e. The Kier molecular flexibility index (Phi) is 29.2. The van der Waals surface area contributed by atoms with Gasteiger partial charge in [0.15, 0.2) is 0 Å². The first-order valence-electron chi connectivity index (χ1n) is 14.7. The van der Waals surface area contributed by atoms with Crippen LogP contribution < -0.4 is 0 Å². The zero-order valence-electron chi connectivity index (χ0n) is 26.6. The number of carboxylic acid groups (broad SMARTS) is 1. The Bertz CT molecular complexity index is 635. The van der Waals surface area contributed by atoms with Crippen molar-refractivity contribution in [2.75, 3.05) is 146 Å². The Morgan fingerprint density at radius 2 is 0.744 bits per heavy atom. The van der Waals surface area contributed by atoms with E-state index in [-0.39, 0.29) is 19.3 Å². The molecule has 15 nitrogen and oxygen atoms in total. The molecule has 0 aromatic heterocycles. The van der Waals surface area contributed by atoms with Crippen molar-refractivity contribution in [3.63, 3.8) is 0 Å². The van der Waals surface area contributed by atoms with Crippen LogP contribution in [-0.4, -0.2) is 173 Å². The van der Waals surface area contributed by atoms with Gasteiger partial charge in [0.1, 0.15) is 12.2 Å². The summed E-state index contributed by atoms with van der Waals surface area (Å²) in [7, 11) is 1.68. The van der Waals surface area contributed by atoms with Gasteiger partial charge in [0.2, 0.25) is 0 Å². The van der Waals surface area contributed by atoms with Crippen LogP contribution in [0.1, 0.15) is 20.8 Å². The predicted octanol–water partition coefficient (Wildman–Crippen LogP) is 1.10. The molecule has 256 valence electrons. The topological polar surface area (TPSA) is 159 Å². The molecule has 0 radical (unpaired) electrons. The van der Waals surface area contributed by atoms with Gasteiger partial charge in [-0.05, 0) is 20.8 Å². The molecule has 0 heterocycles. The molecule has 1 N–H and O–H groups in total. The number of carbonyl (C=O) groups is 2. The number of rotatable bonds is 32. The van der Waals surface area contributed by atoms with E-state index >= 15 is 0 Å². The molecule has 0 aromatic rings. The number of hydrogen-bond donors (Lipinski definition) is 1. The molecule has 0 aliphatic rings. The van der Waals surface area contributed by atoms with E-state index in [1.807, 2.05) is 20.8 Å². The van der Waals surface area contributed by atoms with Gasteiger partial charge in [-0.15, -0.1) is 0 Å². The summed E-state index contributed by atoms with van der Waals surface area (Å²) in [5, 5.41) is 8.42. The molecule has 0 rings (SSSR count). The molecule has 0 atom stereocenters. The molecule has 15 heteroatoms. The second-order valence-corrected chi connectivity index (χ2v) is 9.86. The number of hydrogen-bond acceptors (Lipinski definition) is 13. The first-order valence-corrected chi connectivity index (χ1v) is 14.7. The minimum Gasteiger partial charge on any atom is -0.480 e. The standard InChI is InChI=1S/C28H55NO14/c1-28(2,3)43-27(32)29(4)5-6-33-7-8-34-9-10-35-11-12-36-13-14-37-15-16-38-17-18-39-19-20-40-21-22-41-23-24-42-25-26(30)31/h5-25H2,1-4H3,(H,30,31). The fraction of sp³-hybridized carbons (Fsp3) is 0.929. The summed E-state index contributed by atoms with van der Waals surface area (Å²) < 4.78 is 58.8. The molecule has 0 spiro atoms. The van der Waals surface area contributed by atoms with E-state index in [2.05, 4.69) is 0 Å². The lowest BCUT2D eigenvalue weighted by atomic mass is 10.2. The Morgan fingerprint density at radius 1 is 0.488 bits per heavy atom. The molecule has 0 aromatic carbocycles. The molecular weight excluding hydrogens is 574 g/mol. The third kappa shape index (κ3) is 34.7. The van der Waals surface area contributed by atoms with E-state index < -0.39 is 11.6 Å². The second kappa shape index (κ2) is 30.4. The average Bonchev–Trinajstić information content (AvgIpc) is 2.94. The lowest BCUT2D eigenvalue weighted by Crippen LogP contribution is -2.36. The third-order valence-electron chi connectivity index (χ3n) is 4.85. The van der Waals surface area contributed by atoms with E-state index in [9.17, 15) is 9.59 Å². The number of carbonyl (C=O) groups excluding carboxylic acids is 1. The summed E-state index contributed by atoms with van der Waals surface area (Å²) in [6.45, 7) is 14.0. The maximum absolute atomic E-state index is 11.8. The van der Waals surface area contributed by atoms with E-state index in [1.165, 1.54) is 4.90 Å². The van der Waals surface area contributed by atoms with Gasteiger partial charge in [0.25, 0.3) is 0 Å².